The summed E-state index contributed by atoms with van der Waals surface area (Å²) in [7, 11) is 0. The van der Waals surface area contributed by atoms with E-state index < -0.39 is 0 Å². The van der Waals surface area contributed by atoms with Crippen LogP contribution < -0.4 is 5.32 Å². The summed E-state index contributed by atoms with van der Waals surface area (Å²) in [6.07, 6.45) is 2.36. The molecule has 2 heterocycles. The lowest BCUT2D eigenvalue weighted by Gasteiger charge is -2.06. The molecule has 0 bridgehead atoms. The number of nitrogens with one attached hydrogen (secondary N) is 2. The lowest BCUT2D eigenvalue weighted by atomic mass is 10.1. The molecule has 3 aromatic rings. The number of imidazole rings is 1. The van der Waals surface area contributed by atoms with Crippen LogP contribution in [0.25, 0.3) is 11.2 Å². The number of phenols is 1. The maximum atomic E-state index is 9.23. The molecule has 1 aromatic carbocycles. The number of fused-ring (bicyclic) bond motifs is 1. The zero-order valence-corrected chi connectivity index (χ0v) is 11.2. The number of anilines is 1. The molecular weight excluding hydrogens is 278 g/mol. The number of hydrogen-bond acceptors (Lipinski definition) is 5. The normalized spacial score (nSPS) is 10.8. The minimum atomic E-state index is 0.164. The van der Waals surface area contributed by atoms with Gasteiger partial charge in [-0.25, -0.2) is 4.98 Å². The van der Waals surface area contributed by atoms with Crippen molar-refractivity contribution in [2.24, 2.45) is 0 Å². The fourth-order valence-corrected chi connectivity index (χ4v) is 2.09. The topological polar surface area (TPSA) is 86.7 Å². The van der Waals surface area contributed by atoms with Gasteiger partial charge in [0.15, 0.2) is 11.5 Å². The van der Waals surface area contributed by atoms with Gasteiger partial charge in [0.25, 0.3) is 0 Å². The molecule has 102 valence electrons. The SMILES string of the molecule is Oc1ccc(CCNc2nc(Cl)nc3nc[nH]c23)cc1. The van der Waals surface area contributed by atoms with Gasteiger partial charge in [0.1, 0.15) is 11.3 Å². The van der Waals surface area contributed by atoms with E-state index in [9.17, 15) is 5.11 Å². The highest BCUT2D eigenvalue weighted by atomic mass is 35.5. The number of phenolic OH excluding ortho intramolecular Hbond substituents is 1. The molecule has 0 atom stereocenters. The van der Waals surface area contributed by atoms with E-state index in [0.717, 1.165) is 17.5 Å². The number of aromatic amines is 1. The number of aromatic hydroxyl groups is 1. The second-order valence-corrected chi connectivity index (χ2v) is 4.62. The van der Waals surface area contributed by atoms with E-state index in [1.54, 1.807) is 18.5 Å². The molecule has 0 amide bonds. The lowest BCUT2D eigenvalue weighted by molar-refractivity contribution is 0.475. The van der Waals surface area contributed by atoms with Gasteiger partial charge in [-0.15, -0.1) is 0 Å². The highest BCUT2D eigenvalue weighted by molar-refractivity contribution is 6.28. The first-order chi connectivity index (χ1) is 9.72. The van der Waals surface area contributed by atoms with Crippen molar-refractivity contribution in [2.75, 3.05) is 11.9 Å². The Bertz CT molecular complexity index is 725. The second kappa shape index (κ2) is 5.34. The van der Waals surface area contributed by atoms with E-state index in [1.165, 1.54) is 0 Å². The van der Waals surface area contributed by atoms with Gasteiger partial charge in [0.2, 0.25) is 5.28 Å². The van der Waals surface area contributed by atoms with Gasteiger partial charge < -0.3 is 15.4 Å². The molecule has 3 N–H and O–H groups in total. The Hall–Kier alpha value is -2.34. The van der Waals surface area contributed by atoms with Crippen molar-refractivity contribution in [1.82, 2.24) is 19.9 Å². The van der Waals surface area contributed by atoms with Crippen molar-refractivity contribution < 1.29 is 5.11 Å². The first-order valence-corrected chi connectivity index (χ1v) is 6.48. The molecule has 0 fully saturated rings. The Morgan fingerprint density at radius 3 is 2.80 bits per heavy atom. The van der Waals surface area contributed by atoms with Crippen LogP contribution in [0, 0.1) is 0 Å². The lowest BCUT2D eigenvalue weighted by Crippen LogP contribution is -2.07. The Labute approximate surface area is 119 Å². The number of nitrogens with zero attached hydrogens (tertiary/aromatic N) is 3. The molecule has 0 aliphatic heterocycles. The average Bonchev–Trinajstić information content (AvgIpc) is 2.89. The minimum Gasteiger partial charge on any atom is -0.508 e. The van der Waals surface area contributed by atoms with E-state index in [1.807, 2.05) is 12.1 Å². The molecule has 0 aliphatic rings. The zero-order valence-electron chi connectivity index (χ0n) is 10.5. The summed E-state index contributed by atoms with van der Waals surface area (Å²) in [5.74, 6) is 0.903. The molecule has 3 rings (SSSR count). The highest BCUT2D eigenvalue weighted by Gasteiger charge is 2.08. The molecular formula is C13H12ClN5O. The number of H-pyrrole nitrogens is 1. The summed E-state index contributed by atoms with van der Waals surface area (Å²) < 4.78 is 0. The molecule has 0 saturated heterocycles. The van der Waals surface area contributed by atoms with Crippen LogP contribution in [-0.2, 0) is 6.42 Å². The van der Waals surface area contributed by atoms with E-state index >= 15 is 0 Å². The molecule has 7 heteroatoms. The fourth-order valence-electron chi connectivity index (χ4n) is 1.92. The molecule has 0 saturated carbocycles. The summed E-state index contributed by atoms with van der Waals surface area (Å²) in [5, 5.41) is 12.6. The first kappa shape index (κ1) is 12.7. The van der Waals surface area contributed by atoms with E-state index in [0.29, 0.717) is 18.0 Å². The summed E-state index contributed by atoms with van der Waals surface area (Å²) >= 11 is 5.85. The van der Waals surface area contributed by atoms with Crippen LogP contribution in [0.2, 0.25) is 5.28 Å². The fraction of sp³-hybridized carbons (Fsp3) is 0.154. The summed E-state index contributed by atoms with van der Waals surface area (Å²) in [4.78, 5) is 15.2. The predicted molar refractivity (Wildman–Crippen MR) is 77.0 cm³/mol. The molecule has 20 heavy (non-hydrogen) atoms. The van der Waals surface area contributed by atoms with Gasteiger partial charge in [0, 0.05) is 6.54 Å². The largest absolute Gasteiger partial charge is 0.508 e. The van der Waals surface area contributed by atoms with Crippen LogP contribution >= 0.6 is 11.6 Å². The monoisotopic (exact) mass is 289 g/mol. The number of aromatic nitrogens is 4. The maximum absolute atomic E-state index is 9.23. The molecule has 0 radical (unpaired) electrons. The second-order valence-electron chi connectivity index (χ2n) is 4.29. The number of halogens is 1. The Morgan fingerprint density at radius 2 is 2.00 bits per heavy atom. The molecule has 6 nitrogen and oxygen atoms in total. The van der Waals surface area contributed by atoms with Gasteiger partial charge in [-0.1, -0.05) is 12.1 Å². The number of benzene rings is 1. The molecule has 2 aromatic heterocycles. The van der Waals surface area contributed by atoms with Gasteiger partial charge in [0.05, 0.1) is 6.33 Å². The van der Waals surface area contributed by atoms with Gasteiger partial charge in [-0.2, -0.15) is 9.97 Å². The van der Waals surface area contributed by atoms with Crippen molar-refractivity contribution in [3.63, 3.8) is 0 Å². The third-order valence-electron chi connectivity index (χ3n) is 2.90. The molecule has 0 unspecified atom stereocenters. The minimum absolute atomic E-state index is 0.164. The number of hydrogen-bond donors (Lipinski definition) is 3. The van der Waals surface area contributed by atoms with Crippen LogP contribution in [0.3, 0.4) is 0 Å². The van der Waals surface area contributed by atoms with Crippen LogP contribution in [0.5, 0.6) is 5.75 Å². The van der Waals surface area contributed by atoms with Crippen molar-refractivity contribution in [1.29, 1.82) is 0 Å². The van der Waals surface area contributed by atoms with E-state index in [2.05, 4.69) is 25.3 Å². The summed E-state index contributed by atoms with van der Waals surface area (Å²) in [6, 6.07) is 7.11. The molecule has 0 spiro atoms. The smallest absolute Gasteiger partial charge is 0.226 e. The highest BCUT2D eigenvalue weighted by Crippen LogP contribution is 2.18. The summed E-state index contributed by atoms with van der Waals surface area (Å²) in [5.41, 5.74) is 2.40. The Balaban J connectivity index is 1.70. The Kier molecular flexibility index (Phi) is 3.39. The van der Waals surface area contributed by atoms with Gasteiger partial charge in [-0.05, 0) is 35.7 Å². The Morgan fingerprint density at radius 1 is 1.20 bits per heavy atom. The van der Waals surface area contributed by atoms with Crippen LogP contribution in [0.1, 0.15) is 5.56 Å². The average molecular weight is 290 g/mol. The molecule has 0 aliphatic carbocycles. The van der Waals surface area contributed by atoms with E-state index in [4.69, 9.17) is 11.6 Å². The first-order valence-electron chi connectivity index (χ1n) is 6.11. The van der Waals surface area contributed by atoms with Crippen molar-refractivity contribution in [3.8, 4) is 5.75 Å². The van der Waals surface area contributed by atoms with Crippen molar-refractivity contribution in [3.05, 3.63) is 41.4 Å². The maximum Gasteiger partial charge on any atom is 0.226 e. The van der Waals surface area contributed by atoms with Crippen LogP contribution in [0.4, 0.5) is 5.82 Å². The van der Waals surface area contributed by atoms with Crippen molar-refractivity contribution in [2.45, 2.75) is 6.42 Å². The number of rotatable bonds is 4. The van der Waals surface area contributed by atoms with E-state index in [-0.39, 0.29) is 11.0 Å². The third-order valence-corrected chi connectivity index (χ3v) is 3.07. The summed E-state index contributed by atoms with van der Waals surface area (Å²) in [6.45, 7) is 0.687. The quantitative estimate of drug-likeness (QED) is 0.642. The van der Waals surface area contributed by atoms with Gasteiger partial charge in [-0.3, -0.25) is 0 Å². The third kappa shape index (κ3) is 2.65. The zero-order chi connectivity index (χ0) is 13.9. The van der Waals surface area contributed by atoms with Crippen LogP contribution in [-0.4, -0.2) is 31.6 Å². The predicted octanol–water partition coefficient (Wildman–Crippen LogP) is 2.37. The van der Waals surface area contributed by atoms with Gasteiger partial charge >= 0.3 is 0 Å². The standard InChI is InChI=1S/C13H12ClN5O/c14-13-18-11(10-12(19-13)17-7-16-10)15-6-5-8-1-3-9(20)4-2-8/h1-4,7,20H,5-6H2,(H2,15,16,17,18,19). The van der Waals surface area contributed by atoms with Crippen LogP contribution in [0.15, 0.2) is 30.6 Å². The van der Waals surface area contributed by atoms with Crippen molar-refractivity contribution >= 4 is 28.6 Å².